The molecule has 0 aromatic carbocycles. The molecule has 6 heteroatoms. The van der Waals surface area contributed by atoms with Gasteiger partial charge in [-0.25, -0.2) is 0 Å². The van der Waals surface area contributed by atoms with E-state index in [9.17, 15) is 14.4 Å². The molecule has 0 aliphatic rings. The van der Waals surface area contributed by atoms with Gasteiger partial charge in [0.25, 0.3) is 0 Å². The van der Waals surface area contributed by atoms with E-state index in [0.29, 0.717) is 19.3 Å². The minimum Gasteiger partial charge on any atom is -0.462 e. The third-order valence-corrected chi connectivity index (χ3v) is 12.0. The van der Waals surface area contributed by atoms with Crippen molar-refractivity contribution in [1.82, 2.24) is 0 Å². The summed E-state index contributed by atoms with van der Waals surface area (Å²) in [4.78, 5) is 37.8. The molecule has 0 aliphatic heterocycles. The van der Waals surface area contributed by atoms with Crippen LogP contribution in [-0.4, -0.2) is 37.2 Å². The summed E-state index contributed by atoms with van der Waals surface area (Å²) in [5.41, 5.74) is 0. The first kappa shape index (κ1) is 66.8. The second kappa shape index (κ2) is 58.4. The van der Waals surface area contributed by atoms with Crippen LogP contribution in [-0.2, 0) is 28.6 Å². The molecule has 0 N–H and O–H groups in total. The van der Waals surface area contributed by atoms with Gasteiger partial charge >= 0.3 is 17.9 Å². The molecular weight excluding hydrogens is 877 g/mol. The topological polar surface area (TPSA) is 78.9 Å². The van der Waals surface area contributed by atoms with E-state index in [1.807, 2.05) is 0 Å². The predicted molar refractivity (Wildman–Crippen MR) is 306 cm³/mol. The molecule has 0 aromatic heterocycles. The molecule has 0 saturated heterocycles. The molecule has 0 radical (unpaired) electrons. The summed E-state index contributed by atoms with van der Waals surface area (Å²) in [5, 5.41) is 0. The summed E-state index contributed by atoms with van der Waals surface area (Å²) < 4.78 is 16.7. The summed E-state index contributed by atoms with van der Waals surface area (Å²) in [5.74, 6) is -0.920. The van der Waals surface area contributed by atoms with Gasteiger partial charge in [-0.3, -0.25) is 14.4 Å². The van der Waals surface area contributed by atoms with Crippen molar-refractivity contribution in [3.63, 3.8) is 0 Å². The highest BCUT2D eigenvalue weighted by molar-refractivity contribution is 5.71. The van der Waals surface area contributed by atoms with E-state index in [1.165, 1.54) is 77.0 Å². The second-order valence-electron chi connectivity index (χ2n) is 18.8. The van der Waals surface area contributed by atoms with Crippen LogP contribution in [0.1, 0.15) is 252 Å². The lowest BCUT2D eigenvalue weighted by Gasteiger charge is -2.18. The maximum absolute atomic E-state index is 12.7. The number of allylic oxidation sites excluding steroid dienone is 20. The van der Waals surface area contributed by atoms with E-state index in [1.54, 1.807) is 0 Å². The highest BCUT2D eigenvalue weighted by atomic mass is 16.6. The van der Waals surface area contributed by atoms with Crippen LogP contribution in [0, 0.1) is 0 Å². The highest BCUT2D eigenvalue weighted by Crippen LogP contribution is 2.14. The lowest BCUT2D eigenvalue weighted by Crippen LogP contribution is -2.30. The minimum absolute atomic E-state index is 0.0848. The van der Waals surface area contributed by atoms with Crippen LogP contribution in [0.15, 0.2) is 122 Å². The Morgan fingerprint density at radius 2 is 0.549 bits per heavy atom. The van der Waals surface area contributed by atoms with Gasteiger partial charge in [0.15, 0.2) is 6.10 Å². The zero-order chi connectivity index (χ0) is 51.4. The summed E-state index contributed by atoms with van der Waals surface area (Å²) in [6, 6.07) is 0. The van der Waals surface area contributed by atoms with Crippen LogP contribution in [0.3, 0.4) is 0 Å². The van der Waals surface area contributed by atoms with Crippen molar-refractivity contribution in [2.45, 2.75) is 258 Å². The molecule has 402 valence electrons. The number of hydrogen-bond acceptors (Lipinski definition) is 6. The van der Waals surface area contributed by atoms with Crippen molar-refractivity contribution in [1.29, 1.82) is 0 Å². The van der Waals surface area contributed by atoms with Gasteiger partial charge in [0.05, 0.1) is 0 Å². The van der Waals surface area contributed by atoms with E-state index in [-0.39, 0.29) is 31.1 Å². The molecule has 0 aromatic rings. The number of unbranched alkanes of at least 4 members (excludes halogenated alkanes) is 20. The first-order chi connectivity index (χ1) is 35.0. The zero-order valence-corrected chi connectivity index (χ0v) is 45.9. The number of carbonyl (C=O) groups excluding carboxylic acids is 3. The first-order valence-corrected chi connectivity index (χ1v) is 29.0. The summed E-state index contributed by atoms with van der Waals surface area (Å²) in [7, 11) is 0. The maximum atomic E-state index is 12.7. The van der Waals surface area contributed by atoms with E-state index in [0.717, 1.165) is 135 Å². The average Bonchev–Trinajstić information content (AvgIpc) is 3.37. The Balaban J connectivity index is 4.16. The Morgan fingerprint density at radius 3 is 0.859 bits per heavy atom. The van der Waals surface area contributed by atoms with Crippen molar-refractivity contribution in [2.24, 2.45) is 0 Å². The van der Waals surface area contributed by atoms with Crippen LogP contribution in [0.4, 0.5) is 0 Å². The molecule has 0 spiro atoms. The molecule has 0 amide bonds. The van der Waals surface area contributed by atoms with Crippen LogP contribution in [0.25, 0.3) is 0 Å². The lowest BCUT2D eigenvalue weighted by molar-refractivity contribution is -0.167. The number of hydrogen-bond donors (Lipinski definition) is 0. The van der Waals surface area contributed by atoms with Gasteiger partial charge < -0.3 is 14.2 Å². The van der Waals surface area contributed by atoms with E-state index < -0.39 is 6.10 Å². The largest absolute Gasteiger partial charge is 0.462 e. The first-order valence-electron chi connectivity index (χ1n) is 29.0. The van der Waals surface area contributed by atoms with Gasteiger partial charge in [0.2, 0.25) is 0 Å². The molecule has 1 unspecified atom stereocenters. The lowest BCUT2D eigenvalue weighted by atomic mass is 10.1. The fraction of sp³-hybridized carbons (Fsp3) is 0.646. The minimum atomic E-state index is -0.784. The van der Waals surface area contributed by atoms with Crippen molar-refractivity contribution >= 4 is 17.9 Å². The molecule has 0 rings (SSSR count). The third kappa shape index (κ3) is 56.6. The van der Waals surface area contributed by atoms with Crippen molar-refractivity contribution < 1.29 is 28.6 Å². The summed E-state index contributed by atoms with van der Waals surface area (Å²) in [6.45, 7) is 6.45. The Bertz CT molecular complexity index is 1500. The number of rotatable bonds is 51. The number of esters is 3. The fourth-order valence-corrected chi connectivity index (χ4v) is 7.65. The third-order valence-electron chi connectivity index (χ3n) is 12.0. The Kier molecular flexibility index (Phi) is 54.9. The molecule has 0 bridgehead atoms. The van der Waals surface area contributed by atoms with E-state index in [4.69, 9.17) is 14.2 Å². The highest BCUT2D eigenvalue weighted by Gasteiger charge is 2.19. The Labute approximate surface area is 437 Å². The smallest absolute Gasteiger partial charge is 0.306 e. The molecule has 6 nitrogen and oxygen atoms in total. The number of carbonyl (C=O) groups is 3. The van der Waals surface area contributed by atoms with Crippen LogP contribution in [0.2, 0.25) is 0 Å². The molecular formula is C65H106O6. The van der Waals surface area contributed by atoms with Crippen molar-refractivity contribution in [3.05, 3.63) is 122 Å². The van der Waals surface area contributed by atoms with Gasteiger partial charge in [-0.15, -0.1) is 0 Å². The normalized spacial score (nSPS) is 13.0. The fourth-order valence-electron chi connectivity index (χ4n) is 7.65. The molecule has 1 atom stereocenters. The predicted octanol–water partition coefficient (Wildman–Crippen LogP) is 19.6. The van der Waals surface area contributed by atoms with Crippen LogP contribution < -0.4 is 0 Å². The summed E-state index contributed by atoms with van der Waals surface area (Å²) in [6.07, 6.45) is 80.8. The molecule has 0 heterocycles. The van der Waals surface area contributed by atoms with Crippen molar-refractivity contribution in [2.75, 3.05) is 13.2 Å². The maximum Gasteiger partial charge on any atom is 0.306 e. The number of ether oxygens (including phenoxy) is 3. The van der Waals surface area contributed by atoms with Crippen molar-refractivity contribution in [3.8, 4) is 0 Å². The average molecular weight is 984 g/mol. The molecule has 0 aliphatic carbocycles. The van der Waals surface area contributed by atoms with Gasteiger partial charge in [-0.05, 0) is 96.3 Å². The quantitative estimate of drug-likeness (QED) is 0.0261. The van der Waals surface area contributed by atoms with Crippen LogP contribution >= 0.6 is 0 Å². The van der Waals surface area contributed by atoms with Crippen LogP contribution in [0.5, 0.6) is 0 Å². The standard InChI is InChI=1S/C65H106O6/c1-4-7-10-13-16-19-20-21-22-23-24-25-26-27-28-29-30-31-32-33-34-35-36-37-38-39-40-41-42-43-44-47-49-52-55-58-64(67)70-61-62(71-65(68)59-56-53-50-46-18-15-12-9-6-3)60-69-63(66)57-54-51-48-45-17-14-11-8-5-2/h7,10,16,19,21-22,24-25,27-28,30-31,33-34,36-37,39-40,42-43,62H,4-6,8-9,11-15,17-18,20,23,26,29,32,35,38,41,44-61H2,1-3H3/b10-7-,19-16-,22-21-,25-24-,28-27-,31-30-,34-33-,37-36-,40-39-,43-42-. The SMILES string of the molecule is CC/C=C\C/C=C\C/C=C\C/C=C\C/C=C\C/C=C\C/C=C\C/C=C\C/C=C\C/C=C\CCCCCCC(=O)OCC(COC(=O)CCCCCCCCCCC)OC(=O)CCCCCCCCCCC. The molecule has 0 fully saturated rings. The Hall–Kier alpha value is -4.19. The Morgan fingerprint density at radius 1 is 0.296 bits per heavy atom. The monoisotopic (exact) mass is 983 g/mol. The molecule has 0 saturated carbocycles. The van der Waals surface area contributed by atoms with Gasteiger partial charge in [0, 0.05) is 19.3 Å². The van der Waals surface area contributed by atoms with Gasteiger partial charge in [-0.2, -0.15) is 0 Å². The zero-order valence-electron chi connectivity index (χ0n) is 45.9. The summed E-state index contributed by atoms with van der Waals surface area (Å²) >= 11 is 0. The van der Waals surface area contributed by atoms with E-state index >= 15 is 0 Å². The second-order valence-corrected chi connectivity index (χ2v) is 18.8. The van der Waals surface area contributed by atoms with Gasteiger partial charge in [0.1, 0.15) is 13.2 Å². The van der Waals surface area contributed by atoms with E-state index in [2.05, 4.69) is 142 Å². The molecule has 71 heavy (non-hydrogen) atoms. The van der Waals surface area contributed by atoms with Gasteiger partial charge in [-0.1, -0.05) is 258 Å².